The third-order valence-corrected chi connectivity index (χ3v) is 12.8. The zero-order valence-corrected chi connectivity index (χ0v) is 33.5. The van der Waals surface area contributed by atoms with Gasteiger partial charge < -0.3 is 15.0 Å². The van der Waals surface area contributed by atoms with E-state index in [9.17, 15) is 14.4 Å². The number of anilines is 1. The molecule has 1 amide bonds. The van der Waals surface area contributed by atoms with Crippen LogP contribution >= 0.6 is 11.6 Å². The summed E-state index contributed by atoms with van der Waals surface area (Å²) in [5, 5.41) is 3.13. The van der Waals surface area contributed by atoms with Crippen LogP contribution in [-0.2, 0) is 27.2 Å². The zero-order valence-electron chi connectivity index (χ0n) is 32.7. The van der Waals surface area contributed by atoms with Crippen molar-refractivity contribution in [3.63, 3.8) is 0 Å². The van der Waals surface area contributed by atoms with Crippen LogP contribution in [0.15, 0.2) is 65.7 Å². The minimum Gasteiger partial charge on any atom is -0.359 e. The molecule has 3 aliphatic rings. The summed E-state index contributed by atoms with van der Waals surface area (Å²) < 4.78 is 49.4. The molecule has 0 bridgehead atoms. The first-order chi connectivity index (χ1) is 27.8. The Hall–Kier alpha value is -5.14. The van der Waals surface area contributed by atoms with Crippen molar-refractivity contribution < 1.29 is 22.8 Å². The predicted octanol–water partition coefficient (Wildman–Crippen LogP) is 7.40. The van der Waals surface area contributed by atoms with Crippen LogP contribution < -0.4 is 15.8 Å². The fourth-order valence-corrected chi connectivity index (χ4v) is 9.39. The van der Waals surface area contributed by atoms with Gasteiger partial charge in [0.1, 0.15) is 35.2 Å². The van der Waals surface area contributed by atoms with Gasteiger partial charge in [-0.1, -0.05) is 29.8 Å². The lowest BCUT2D eigenvalue weighted by Gasteiger charge is -2.37. The van der Waals surface area contributed by atoms with Gasteiger partial charge in [-0.3, -0.25) is 24.0 Å². The van der Waals surface area contributed by atoms with Crippen molar-refractivity contribution in [2.45, 2.75) is 81.8 Å². The van der Waals surface area contributed by atoms with E-state index < -0.39 is 34.5 Å². The summed E-state index contributed by atoms with van der Waals surface area (Å²) in [5.74, 6) is -1.92. The largest absolute Gasteiger partial charge is 0.359 e. The number of carbonyl (C=O) groups excluding carboxylic acids is 2. The number of benzene rings is 3. The molecule has 2 aromatic heterocycles. The van der Waals surface area contributed by atoms with Crippen LogP contribution in [0.5, 0.6) is 0 Å². The van der Waals surface area contributed by atoms with Gasteiger partial charge in [0.2, 0.25) is 5.91 Å². The maximum atomic E-state index is 16.8. The number of nitrogens with zero attached hydrogens (tertiary/aromatic N) is 6. The molecule has 1 unspecified atom stereocenters. The van der Waals surface area contributed by atoms with E-state index in [0.29, 0.717) is 97.6 Å². The van der Waals surface area contributed by atoms with Crippen LogP contribution in [0.3, 0.4) is 0 Å². The number of rotatable bonds is 10. The Morgan fingerprint density at radius 2 is 1.74 bits per heavy atom. The normalized spacial score (nSPS) is 18.2. The number of aromatic nitrogens is 4. The van der Waals surface area contributed by atoms with Crippen LogP contribution in [0, 0.1) is 11.6 Å². The summed E-state index contributed by atoms with van der Waals surface area (Å²) >= 11 is 6.45. The van der Waals surface area contributed by atoms with Crippen LogP contribution in [0.4, 0.5) is 19.0 Å². The average Bonchev–Trinajstić information content (AvgIpc) is 3.44. The van der Waals surface area contributed by atoms with E-state index in [-0.39, 0.29) is 29.9 Å². The molecule has 302 valence electrons. The SMILES string of the molecule is CNC(=O)C(CCC=O)c1c(F)cc(C2CCN(c3cnc(CN4CCC(F)(c5ccc6c(c5)-n5c(nc(=O)c7c(Cl)cccc75)C6(C)C)CC4)cn3)CC2)cc1F. The Bertz CT molecular complexity index is 2440. The average molecular weight is 812 g/mol. The maximum absolute atomic E-state index is 16.8. The molecule has 58 heavy (non-hydrogen) atoms. The number of nitrogens with one attached hydrogen (secondary N) is 1. The van der Waals surface area contributed by atoms with Crippen molar-refractivity contribution in [3.8, 4) is 5.69 Å². The second-order valence-electron chi connectivity index (χ2n) is 16.2. The van der Waals surface area contributed by atoms with E-state index in [2.05, 4.69) is 25.1 Å². The number of hydrogen-bond donors (Lipinski definition) is 1. The number of alkyl halides is 1. The van der Waals surface area contributed by atoms with Gasteiger partial charge >= 0.3 is 0 Å². The molecule has 8 rings (SSSR count). The molecule has 2 fully saturated rings. The van der Waals surface area contributed by atoms with E-state index >= 15 is 13.2 Å². The number of fused-ring (bicyclic) bond motifs is 5. The highest BCUT2D eigenvalue weighted by Gasteiger charge is 2.42. The van der Waals surface area contributed by atoms with E-state index in [4.69, 9.17) is 16.6 Å². The zero-order chi connectivity index (χ0) is 40.9. The van der Waals surface area contributed by atoms with E-state index in [1.807, 2.05) is 48.7 Å². The minimum atomic E-state index is -1.54. The second kappa shape index (κ2) is 15.6. The molecule has 5 aromatic rings. The number of hydrogen-bond acceptors (Lipinski definition) is 8. The van der Waals surface area contributed by atoms with Gasteiger partial charge in [0, 0.05) is 51.8 Å². The number of carbonyl (C=O) groups is 2. The summed E-state index contributed by atoms with van der Waals surface area (Å²) in [4.78, 5) is 54.5. The number of likely N-dealkylation sites (tertiary alicyclic amines) is 1. The van der Waals surface area contributed by atoms with Crippen molar-refractivity contribution in [2.75, 3.05) is 38.1 Å². The summed E-state index contributed by atoms with van der Waals surface area (Å²) in [6.07, 6.45) is 6.10. The number of amides is 1. The predicted molar refractivity (Wildman–Crippen MR) is 216 cm³/mol. The second-order valence-corrected chi connectivity index (χ2v) is 16.7. The van der Waals surface area contributed by atoms with Crippen LogP contribution in [0.1, 0.15) is 98.0 Å². The fraction of sp³-hybridized carbons (Fsp3) is 0.409. The topological polar surface area (TPSA) is 113 Å². The highest BCUT2D eigenvalue weighted by molar-refractivity contribution is 6.35. The van der Waals surface area contributed by atoms with Crippen LogP contribution in [0.25, 0.3) is 16.6 Å². The Morgan fingerprint density at radius 3 is 2.40 bits per heavy atom. The summed E-state index contributed by atoms with van der Waals surface area (Å²) in [7, 11) is 1.40. The van der Waals surface area contributed by atoms with Crippen molar-refractivity contribution in [2.24, 2.45) is 0 Å². The number of halogens is 4. The molecule has 3 aromatic carbocycles. The third kappa shape index (κ3) is 7.06. The van der Waals surface area contributed by atoms with Gasteiger partial charge in [0.15, 0.2) is 0 Å². The standard InChI is InChI=1S/C44H45ClF3N7O3/c1-43(2)31-10-9-28(22-36(31)55-35-8-4-7-32(45)39(35)41(58)52-42(43)55)44(48)13-17-53(18-14-44)25-29-23-51-37(24-50-29)54-15-11-26(12-16-54)27-20-33(46)38(34(47)21-27)30(6-5-19-56)40(57)49-3/h4,7-10,19-24,26,30H,5-6,11-18,25H2,1-3H3,(H,49,57). The molecule has 0 aliphatic carbocycles. The first kappa shape index (κ1) is 39.7. The molecule has 2 saturated heterocycles. The first-order valence-corrected chi connectivity index (χ1v) is 20.2. The third-order valence-electron chi connectivity index (χ3n) is 12.5. The lowest BCUT2D eigenvalue weighted by molar-refractivity contribution is -0.122. The molecule has 5 heterocycles. The molecular weight excluding hydrogens is 767 g/mol. The highest BCUT2D eigenvalue weighted by atomic mass is 35.5. The highest BCUT2D eigenvalue weighted by Crippen LogP contribution is 2.46. The van der Waals surface area contributed by atoms with Crippen molar-refractivity contribution in [1.82, 2.24) is 29.7 Å². The van der Waals surface area contributed by atoms with E-state index in [1.54, 1.807) is 18.5 Å². The monoisotopic (exact) mass is 811 g/mol. The molecule has 1 atom stereocenters. The lowest BCUT2D eigenvalue weighted by atomic mass is 9.81. The van der Waals surface area contributed by atoms with E-state index in [1.165, 1.54) is 19.2 Å². The van der Waals surface area contributed by atoms with E-state index in [0.717, 1.165) is 22.8 Å². The van der Waals surface area contributed by atoms with Crippen LogP contribution in [0.2, 0.25) is 5.02 Å². The van der Waals surface area contributed by atoms with Crippen LogP contribution in [-0.4, -0.2) is 69.8 Å². The quantitative estimate of drug-likeness (QED) is 0.145. The Kier molecular flexibility index (Phi) is 10.6. The molecule has 0 spiro atoms. The summed E-state index contributed by atoms with van der Waals surface area (Å²) in [5.41, 5.74) is 1.60. The van der Waals surface area contributed by atoms with Gasteiger partial charge in [-0.15, -0.1) is 0 Å². The van der Waals surface area contributed by atoms with Crippen molar-refractivity contribution >= 4 is 40.5 Å². The molecule has 14 heteroatoms. The Labute approximate surface area is 339 Å². The minimum absolute atomic E-state index is 0.0189. The Balaban J connectivity index is 0.891. The maximum Gasteiger partial charge on any atom is 0.282 e. The van der Waals surface area contributed by atoms with Gasteiger partial charge in [0.05, 0.1) is 51.0 Å². The van der Waals surface area contributed by atoms with Crippen molar-refractivity contribution in [3.05, 3.63) is 122 Å². The molecule has 3 aliphatic heterocycles. The van der Waals surface area contributed by atoms with Gasteiger partial charge in [-0.05, 0) is 98.9 Å². The smallest absolute Gasteiger partial charge is 0.282 e. The van der Waals surface area contributed by atoms with Gasteiger partial charge in [-0.25, -0.2) is 18.2 Å². The Morgan fingerprint density at radius 1 is 1.02 bits per heavy atom. The lowest BCUT2D eigenvalue weighted by Crippen LogP contribution is -2.40. The number of aldehydes is 1. The number of piperidine rings is 2. The molecule has 1 N–H and O–H groups in total. The molecular formula is C44H45ClF3N7O3. The molecule has 0 saturated carbocycles. The van der Waals surface area contributed by atoms with Crippen molar-refractivity contribution in [1.29, 1.82) is 0 Å². The first-order valence-electron chi connectivity index (χ1n) is 19.8. The van der Waals surface area contributed by atoms with Gasteiger partial charge in [0.25, 0.3) is 5.56 Å². The fourth-order valence-electron chi connectivity index (χ4n) is 9.14. The molecule has 0 radical (unpaired) electrons. The summed E-state index contributed by atoms with van der Waals surface area (Å²) in [6, 6.07) is 13.7. The number of likely N-dealkylation sites (N-methyl/N-ethyl adjacent to an activating group) is 1. The molecule has 10 nitrogen and oxygen atoms in total. The van der Waals surface area contributed by atoms with Gasteiger partial charge in [-0.2, -0.15) is 4.98 Å². The summed E-state index contributed by atoms with van der Waals surface area (Å²) in [6.45, 7) is 6.90.